The molecule has 0 spiro atoms. The lowest BCUT2D eigenvalue weighted by molar-refractivity contribution is 0.0934. The van der Waals surface area contributed by atoms with Gasteiger partial charge in [0.25, 0.3) is 5.91 Å². The van der Waals surface area contributed by atoms with Gasteiger partial charge in [0, 0.05) is 12.7 Å². The van der Waals surface area contributed by atoms with E-state index in [1.54, 1.807) is 24.2 Å². The van der Waals surface area contributed by atoms with E-state index in [9.17, 15) is 4.79 Å². The third-order valence-electron chi connectivity index (χ3n) is 5.31. The number of carbonyl (C=O) groups excluding carboxylic acids is 1. The molecule has 0 radical (unpaired) electrons. The highest BCUT2D eigenvalue weighted by Gasteiger charge is 2.21. The maximum absolute atomic E-state index is 12.9. The number of carbonyl (C=O) groups is 1. The van der Waals surface area contributed by atoms with Crippen LogP contribution < -0.4 is 10.1 Å². The molecule has 0 aliphatic heterocycles. The second-order valence-corrected chi connectivity index (χ2v) is 6.97. The van der Waals surface area contributed by atoms with Gasteiger partial charge < -0.3 is 10.1 Å². The number of nitrogens with zero attached hydrogens (tertiary/aromatic N) is 4. The minimum atomic E-state index is -0.144. The fraction of sp³-hybridized carbons (Fsp3) is 0.348. The van der Waals surface area contributed by atoms with Gasteiger partial charge in [-0.25, -0.2) is 9.67 Å². The Bertz CT molecular complexity index is 967. The van der Waals surface area contributed by atoms with Crippen molar-refractivity contribution in [2.45, 2.75) is 26.8 Å². The lowest BCUT2D eigenvalue weighted by Gasteiger charge is -2.30. The summed E-state index contributed by atoms with van der Waals surface area (Å²) in [5, 5.41) is 7.44. The molecule has 7 heteroatoms. The summed E-state index contributed by atoms with van der Waals surface area (Å²) in [6.07, 6.45) is 3.30. The molecule has 0 bridgehead atoms. The Balaban J connectivity index is 1.78. The first kappa shape index (κ1) is 21.5. The highest BCUT2D eigenvalue weighted by molar-refractivity contribution is 5.95. The molecule has 1 unspecified atom stereocenters. The van der Waals surface area contributed by atoms with E-state index in [0.29, 0.717) is 17.9 Å². The molecule has 0 saturated heterocycles. The van der Waals surface area contributed by atoms with E-state index in [0.717, 1.165) is 30.1 Å². The minimum Gasteiger partial charge on any atom is -0.497 e. The first-order valence-corrected chi connectivity index (χ1v) is 10.2. The molecule has 2 heterocycles. The van der Waals surface area contributed by atoms with Crippen molar-refractivity contribution in [2.24, 2.45) is 0 Å². The molecule has 0 aliphatic rings. The van der Waals surface area contributed by atoms with E-state index < -0.39 is 0 Å². The van der Waals surface area contributed by atoms with Gasteiger partial charge in [-0.3, -0.25) is 9.69 Å². The van der Waals surface area contributed by atoms with Crippen LogP contribution in [0, 0.1) is 6.92 Å². The molecule has 30 heavy (non-hydrogen) atoms. The van der Waals surface area contributed by atoms with Gasteiger partial charge in [0.2, 0.25) is 0 Å². The van der Waals surface area contributed by atoms with Gasteiger partial charge in [-0.05, 0) is 49.8 Å². The maximum atomic E-state index is 12.9. The monoisotopic (exact) mass is 407 g/mol. The number of pyridine rings is 1. The summed E-state index contributed by atoms with van der Waals surface area (Å²) in [4.78, 5) is 19.6. The highest BCUT2D eigenvalue weighted by atomic mass is 16.5. The predicted octanol–water partition coefficient (Wildman–Crippen LogP) is 3.40. The number of benzene rings is 1. The van der Waals surface area contributed by atoms with E-state index in [2.05, 4.69) is 40.2 Å². The van der Waals surface area contributed by atoms with Gasteiger partial charge >= 0.3 is 0 Å². The summed E-state index contributed by atoms with van der Waals surface area (Å²) in [5.74, 6) is 1.35. The molecule has 7 nitrogen and oxygen atoms in total. The van der Waals surface area contributed by atoms with Crippen LogP contribution in [0.1, 0.15) is 41.5 Å². The smallest absolute Gasteiger partial charge is 0.254 e. The van der Waals surface area contributed by atoms with Crippen molar-refractivity contribution >= 4 is 5.91 Å². The highest BCUT2D eigenvalue weighted by Crippen LogP contribution is 2.24. The Kier molecular flexibility index (Phi) is 7.19. The maximum Gasteiger partial charge on any atom is 0.254 e. The molecular weight excluding hydrogens is 378 g/mol. The van der Waals surface area contributed by atoms with Crippen LogP contribution in [-0.4, -0.2) is 52.3 Å². The zero-order chi connectivity index (χ0) is 21.5. The SMILES string of the molecule is CCN(CC)C(CNC(=O)c1cnn(-c2ccccn2)c1C)c1cccc(OC)c1. The zero-order valence-electron chi connectivity index (χ0n) is 18.0. The third kappa shape index (κ3) is 4.68. The Morgan fingerprint density at radius 2 is 2.00 bits per heavy atom. The number of hydrogen-bond acceptors (Lipinski definition) is 5. The number of methoxy groups -OCH3 is 1. The molecule has 1 N–H and O–H groups in total. The van der Waals surface area contributed by atoms with Crippen molar-refractivity contribution in [3.63, 3.8) is 0 Å². The number of likely N-dealkylation sites (N-methyl/N-ethyl adjacent to an activating group) is 1. The molecule has 0 fully saturated rings. The Hall–Kier alpha value is -3.19. The average molecular weight is 408 g/mol. The minimum absolute atomic E-state index is 0.0465. The Labute approximate surface area is 177 Å². The van der Waals surface area contributed by atoms with E-state index >= 15 is 0 Å². The number of hydrogen-bond donors (Lipinski definition) is 1. The first-order valence-electron chi connectivity index (χ1n) is 10.2. The molecule has 3 aromatic rings. The summed E-state index contributed by atoms with van der Waals surface area (Å²) < 4.78 is 7.06. The largest absolute Gasteiger partial charge is 0.497 e. The van der Waals surface area contributed by atoms with Gasteiger partial charge in [-0.2, -0.15) is 5.10 Å². The molecule has 1 amide bonds. The Morgan fingerprint density at radius 3 is 2.67 bits per heavy atom. The molecule has 1 atom stereocenters. The number of nitrogens with one attached hydrogen (secondary N) is 1. The van der Waals surface area contributed by atoms with Crippen LogP contribution in [-0.2, 0) is 0 Å². The van der Waals surface area contributed by atoms with Crippen molar-refractivity contribution in [3.8, 4) is 11.6 Å². The average Bonchev–Trinajstić information content (AvgIpc) is 3.18. The van der Waals surface area contributed by atoms with Crippen molar-refractivity contribution < 1.29 is 9.53 Å². The second-order valence-electron chi connectivity index (χ2n) is 6.97. The molecule has 3 rings (SSSR count). The van der Waals surface area contributed by atoms with Crippen molar-refractivity contribution in [1.29, 1.82) is 0 Å². The number of amides is 1. The zero-order valence-corrected chi connectivity index (χ0v) is 18.0. The fourth-order valence-electron chi connectivity index (χ4n) is 3.60. The van der Waals surface area contributed by atoms with E-state index in [4.69, 9.17) is 4.74 Å². The van der Waals surface area contributed by atoms with E-state index in [1.165, 1.54) is 0 Å². The molecule has 0 aliphatic carbocycles. The summed E-state index contributed by atoms with van der Waals surface area (Å²) in [6, 6.07) is 13.7. The van der Waals surface area contributed by atoms with Crippen LogP contribution in [0.3, 0.4) is 0 Å². The topological polar surface area (TPSA) is 72.3 Å². The summed E-state index contributed by atoms with van der Waals surface area (Å²) >= 11 is 0. The first-order chi connectivity index (χ1) is 14.6. The van der Waals surface area contributed by atoms with Crippen molar-refractivity contribution in [1.82, 2.24) is 25.0 Å². The van der Waals surface area contributed by atoms with Crippen LogP contribution in [0.15, 0.2) is 54.9 Å². The summed E-state index contributed by atoms with van der Waals surface area (Å²) in [5.41, 5.74) is 2.41. The van der Waals surface area contributed by atoms with Gasteiger partial charge in [0.05, 0.1) is 30.6 Å². The van der Waals surface area contributed by atoms with Gasteiger partial charge in [-0.15, -0.1) is 0 Å². The predicted molar refractivity (Wildman–Crippen MR) is 117 cm³/mol. The summed E-state index contributed by atoms with van der Waals surface area (Å²) in [7, 11) is 1.66. The molecule has 158 valence electrons. The van der Waals surface area contributed by atoms with Crippen LogP contribution in [0.5, 0.6) is 5.75 Å². The van der Waals surface area contributed by atoms with E-state index in [1.807, 2.05) is 43.3 Å². The standard InChI is InChI=1S/C23H29N5O2/c1-5-27(6-2)21(18-10-9-11-19(14-18)30-4)16-25-23(29)20-15-26-28(17(20)3)22-12-7-8-13-24-22/h7-15,21H,5-6,16H2,1-4H3,(H,25,29). The Morgan fingerprint density at radius 1 is 1.20 bits per heavy atom. The van der Waals surface area contributed by atoms with Crippen molar-refractivity contribution in [3.05, 3.63) is 71.7 Å². The molecule has 2 aromatic heterocycles. The number of ether oxygens (including phenoxy) is 1. The van der Waals surface area contributed by atoms with Crippen molar-refractivity contribution in [2.75, 3.05) is 26.7 Å². The lowest BCUT2D eigenvalue weighted by atomic mass is 10.0. The molecule has 0 saturated carbocycles. The van der Waals surface area contributed by atoms with Crippen LogP contribution in [0.2, 0.25) is 0 Å². The molecule has 1 aromatic carbocycles. The van der Waals surface area contributed by atoms with Crippen LogP contribution >= 0.6 is 0 Å². The quantitative estimate of drug-likeness (QED) is 0.589. The van der Waals surface area contributed by atoms with E-state index in [-0.39, 0.29) is 11.9 Å². The number of aromatic nitrogens is 3. The van der Waals surface area contributed by atoms with Crippen LogP contribution in [0.4, 0.5) is 0 Å². The number of rotatable bonds is 9. The molecular formula is C23H29N5O2. The summed E-state index contributed by atoms with van der Waals surface area (Å²) in [6.45, 7) is 8.37. The third-order valence-corrected chi connectivity index (χ3v) is 5.31. The fourth-order valence-corrected chi connectivity index (χ4v) is 3.60. The van der Waals surface area contributed by atoms with Gasteiger partial charge in [-0.1, -0.05) is 32.0 Å². The second kappa shape index (κ2) is 10.0. The van der Waals surface area contributed by atoms with Gasteiger partial charge in [0.15, 0.2) is 5.82 Å². The normalized spacial score (nSPS) is 12.0. The lowest BCUT2D eigenvalue weighted by Crippen LogP contribution is -2.38. The van der Waals surface area contributed by atoms with Gasteiger partial charge in [0.1, 0.15) is 5.75 Å². The van der Waals surface area contributed by atoms with Crippen LogP contribution in [0.25, 0.3) is 5.82 Å².